The minimum Gasteiger partial charge on any atom is -0.456 e. The van der Waals surface area contributed by atoms with E-state index in [1.54, 1.807) is 0 Å². The summed E-state index contributed by atoms with van der Waals surface area (Å²) >= 11 is 0. The summed E-state index contributed by atoms with van der Waals surface area (Å²) in [6.45, 7) is 6.83. The average molecular weight is 722 g/mol. The van der Waals surface area contributed by atoms with Gasteiger partial charge >= 0.3 is 0 Å². The Kier molecular flexibility index (Phi) is 6.26. The third-order valence-electron chi connectivity index (χ3n) is 11.7. The standard InChI is InChI=1S/C51H35N3O2/c1-51(2,3)32-16-20-45-38(27-32)36-10-5-7-12-43(36)53(45)33-17-22-47-40(28-33)39-26-31(15-21-46(39)55-47)30-14-19-44-37(25-30)35-9-4-6-11-42(35)54(44)34-18-23-48-41(29-34)50-49(56-48)13-8-24-52-50/h4-29H,1-3H3. The van der Waals surface area contributed by atoms with Crippen LogP contribution in [-0.4, -0.2) is 14.1 Å². The van der Waals surface area contributed by atoms with E-state index in [-0.39, 0.29) is 5.41 Å². The van der Waals surface area contributed by atoms with E-state index in [2.05, 4.69) is 174 Å². The summed E-state index contributed by atoms with van der Waals surface area (Å²) in [7, 11) is 0. The summed E-state index contributed by atoms with van der Waals surface area (Å²) in [6, 6.07) is 54.6. The second-order valence-corrected chi connectivity index (χ2v) is 16.0. The number of hydrogen-bond acceptors (Lipinski definition) is 3. The molecule has 0 aliphatic carbocycles. The first-order valence-electron chi connectivity index (χ1n) is 19.2. The number of para-hydroxylation sites is 2. The van der Waals surface area contributed by atoms with E-state index in [9.17, 15) is 0 Å². The first kappa shape index (κ1) is 31.3. The summed E-state index contributed by atoms with van der Waals surface area (Å²) in [6.07, 6.45) is 1.82. The molecule has 0 bridgehead atoms. The van der Waals surface area contributed by atoms with Gasteiger partial charge in [-0.3, -0.25) is 4.98 Å². The Bertz CT molecular complexity index is 3590. The van der Waals surface area contributed by atoms with Gasteiger partial charge in [-0.05, 0) is 119 Å². The van der Waals surface area contributed by atoms with Crippen LogP contribution in [0.2, 0.25) is 0 Å². The summed E-state index contributed by atoms with van der Waals surface area (Å²) in [4.78, 5) is 4.64. The highest BCUT2D eigenvalue weighted by molar-refractivity contribution is 6.13. The zero-order chi connectivity index (χ0) is 37.3. The predicted octanol–water partition coefficient (Wildman–Crippen LogP) is 14.0. The van der Waals surface area contributed by atoms with Gasteiger partial charge in [-0.1, -0.05) is 75.4 Å². The third kappa shape index (κ3) is 4.45. The molecule has 0 aliphatic rings. The van der Waals surface area contributed by atoms with Crippen molar-refractivity contribution in [1.29, 1.82) is 0 Å². The molecule has 5 aromatic heterocycles. The van der Waals surface area contributed by atoms with E-state index in [1.807, 2.05) is 18.3 Å². The minimum atomic E-state index is 0.0640. The van der Waals surface area contributed by atoms with Crippen molar-refractivity contribution in [2.75, 3.05) is 0 Å². The molecule has 5 heterocycles. The normalized spacial score (nSPS) is 12.6. The van der Waals surface area contributed by atoms with Crippen LogP contribution in [0.3, 0.4) is 0 Å². The number of hydrogen-bond donors (Lipinski definition) is 0. The SMILES string of the molecule is CC(C)(C)c1ccc2c(c1)c1ccccc1n2-c1ccc2oc3ccc(-c4ccc5c(c4)c4ccccc4n5-c4ccc5oc6cccnc6c5c4)cc3c2c1. The van der Waals surface area contributed by atoms with E-state index < -0.39 is 0 Å². The highest BCUT2D eigenvalue weighted by Crippen LogP contribution is 2.40. The second kappa shape index (κ2) is 11.2. The van der Waals surface area contributed by atoms with Gasteiger partial charge in [-0.2, -0.15) is 0 Å². The van der Waals surface area contributed by atoms with Gasteiger partial charge in [-0.25, -0.2) is 0 Å². The molecule has 0 spiro atoms. The summed E-state index contributed by atoms with van der Waals surface area (Å²) in [5.74, 6) is 0. The lowest BCUT2D eigenvalue weighted by Crippen LogP contribution is -2.10. The molecular weight excluding hydrogens is 687 g/mol. The Hall–Kier alpha value is -7.11. The summed E-state index contributed by atoms with van der Waals surface area (Å²) < 4.78 is 17.3. The molecule has 0 radical (unpaired) electrons. The number of benzene rings is 7. The minimum absolute atomic E-state index is 0.0640. The topological polar surface area (TPSA) is 49.0 Å². The van der Waals surface area contributed by atoms with Crippen molar-refractivity contribution in [3.05, 3.63) is 163 Å². The molecule has 5 nitrogen and oxygen atoms in total. The Morgan fingerprint density at radius 3 is 1.62 bits per heavy atom. The van der Waals surface area contributed by atoms with Gasteiger partial charge in [0.05, 0.1) is 22.1 Å². The van der Waals surface area contributed by atoms with Gasteiger partial charge in [0.1, 0.15) is 22.3 Å². The van der Waals surface area contributed by atoms with E-state index in [0.29, 0.717) is 0 Å². The predicted molar refractivity (Wildman–Crippen MR) is 232 cm³/mol. The molecule has 0 atom stereocenters. The van der Waals surface area contributed by atoms with Crippen molar-refractivity contribution < 1.29 is 8.83 Å². The molecule has 12 rings (SSSR count). The van der Waals surface area contributed by atoms with Gasteiger partial charge in [0.15, 0.2) is 5.58 Å². The largest absolute Gasteiger partial charge is 0.456 e. The van der Waals surface area contributed by atoms with Crippen molar-refractivity contribution in [2.24, 2.45) is 0 Å². The first-order chi connectivity index (χ1) is 27.4. The van der Waals surface area contributed by atoms with Gasteiger partial charge in [0.2, 0.25) is 0 Å². The van der Waals surface area contributed by atoms with E-state index in [0.717, 1.165) is 77.5 Å². The van der Waals surface area contributed by atoms with Crippen LogP contribution in [0, 0.1) is 0 Å². The van der Waals surface area contributed by atoms with Crippen molar-refractivity contribution in [1.82, 2.24) is 14.1 Å². The lowest BCUT2D eigenvalue weighted by molar-refractivity contribution is 0.591. The van der Waals surface area contributed by atoms with E-state index in [1.165, 1.54) is 38.1 Å². The maximum absolute atomic E-state index is 6.45. The lowest BCUT2D eigenvalue weighted by atomic mass is 9.86. The molecule has 266 valence electrons. The molecule has 12 aromatic rings. The highest BCUT2D eigenvalue weighted by atomic mass is 16.3. The number of furan rings is 2. The van der Waals surface area contributed by atoms with Crippen LogP contribution in [0.4, 0.5) is 0 Å². The van der Waals surface area contributed by atoms with Crippen molar-refractivity contribution in [3.63, 3.8) is 0 Å². The molecule has 0 unspecified atom stereocenters. The van der Waals surface area contributed by atoms with Crippen LogP contribution in [0.5, 0.6) is 0 Å². The molecule has 5 heteroatoms. The number of pyridine rings is 1. The molecule has 0 N–H and O–H groups in total. The maximum Gasteiger partial charge on any atom is 0.153 e. The number of rotatable bonds is 3. The molecule has 0 saturated heterocycles. The molecular formula is C51H35N3O2. The molecule has 0 amide bonds. The van der Waals surface area contributed by atoms with Crippen molar-refractivity contribution in [3.8, 4) is 22.5 Å². The molecule has 56 heavy (non-hydrogen) atoms. The molecule has 0 fully saturated rings. The Morgan fingerprint density at radius 2 is 0.929 bits per heavy atom. The van der Waals surface area contributed by atoms with Crippen LogP contribution in [0.15, 0.2) is 167 Å². The van der Waals surface area contributed by atoms with E-state index >= 15 is 0 Å². The molecule has 7 aromatic carbocycles. The lowest BCUT2D eigenvalue weighted by Gasteiger charge is -2.19. The van der Waals surface area contributed by atoms with Crippen molar-refractivity contribution >= 4 is 87.6 Å². The smallest absolute Gasteiger partial charge is 0.153 e. The molecule has 0 aliphatic heterocycles. The van der Waals surface area contributed by atoms with E-state index in [4.69, 9.17) is 8.83 Å². The fourth-order valence-electron chi connectivity index (χ4n) is 8.96. The summed E-state index contributed by atoms with van der Waals surface area (Å²) in [5, 5.41) is 8.16. The van der Waals surface area contributed by atoms with Crippen molar-refractivity contribution in [2.45, 2.75) is 26.2 Å². The number of aromatic nitrogens is 3. The summed E-state index contributed by atoms with van der Waals surface area (Å²) in [5.41, 5.74) is 14.9. The van der Waals surface area contributed by atoms with Gasteiger partial charge in [-0.15, -0.1) is 0 Å². The Labute approximate surface area is 321 Å². The Morgan fingerprint density at radius 1 is 0.411 bits per heavy atom. The molecule has 0 saturated carbocycles. The number of nitrogens with zero attached hydrogens (tertiary/aromatic N) is 3. The van der Waals surface area contributed by atoms with Gasteiger partial charge in [0.25, 0.3) is 0 Å². The fourth-order valence-corrected chi connectivity index (χ4v) is 8.96. The zero-order valence-corrected chi connectivity index (χ0v) is 31.2. The average Bonchev–Trinajstić information content (AvgIpc) is 3.97. The third-order valence-corrected chi connectivity index (χ3v) is 11.7. The quantitative estimate of drug-likeness (QED) is 0.182. The van der Waals surface area contributed by atoms with Crippen LogP contribution < -0.4 is 0 Å². The first-order valence-corrected chi connectivity index (χ1v) is 19.2. The fraction of sp³-hybridized carbons (Fsp3) is 0.0784. The van der Waals surface area contributed by atoms with Crippen LogP contribution >= 0.6 is 0 Å². The van der Waals surface area contributed by atoms with Crippen LogP contribution in [-0.2, 0) is 5.41 Å². The van der Waals surface area contributed by atoms with Crippen LogP contribution in [0.1, 0.15) is 26.3 Å². The van der Waals surface area contributed by atoms with Crippen LogP contribution in [0.25, 0.3) is 110 Å². The Balaban J connectivity index is 1.01. The highest BCUT2D eigenvalue weighted by Gasteiger charge is 2.20. The maximum atomic E-state index is 6.45. The second-order valence-electron chi connectivity index (χ2n) is 16.0. The number of fused-ring (bicyclic) bond motifs is 12. The van der Waals surface area contributed by atoms with Gasteiger partial charge < -0.3 is 18.0 Å². The van der Waals surface area contributed by atoms with Gasteiger partial charge in [0, 0.05) is 55.3 Å². The monoisotopic (exact) mass is 721 g/mol. The zero-order valence-electron chi connectivity index (χ0n) is 31.2.